The van der Waals surface area contributed by atoms with Crippen LogP contribution in [0.25, 0.3) is 0 Å². The lowest BCUT2D eigenvalue weighted by molar-refractivity contribution is -0.109. The molecule has 0 N–H and O–H groups in total. The van der Waals surface area contributed by atoms with Crippen molar-refractivity contribution in [3.8, 4) is 0 Å². The highest BCUT2D eigenvalue weighted by Crippen LogP contribution is 2.18. The van der Waals surface area contributed by atoms with E-state index in [2.05, 4.69) is 9.97 Å². The van der Waals surface area contributed by atoms with E-state index >= 15 is 0 Å². The van der Waals surface area contributed by atoms with Crippen molar-refractivity contribution in [2.75, 3.05) is 0 Å². The molecule has 4 heteroatoms. The third-order valence-electron chi connectivity index (χ3n) is 2.44. The number of halogens is 1. The Morgan fingerprint density at radius 2 is 2.12 bits per heavy atom. The number of aromatic nitrogens is 2. The summed E-state index contributed by atoms with van der Waals surface area (Å²) in [5, 5.41) is 0.586. The Labute approximate surface area is 104 Å². The lowest BCUT2D eigenvalue weighted by atomic mass is 10.00. The van der Waals surface area contributed by atoms with Gasteiger partial charge < -0.3 is 4.79 Å². The predicted molar refractivity (Wildman–Crippen MR) is 66.0 cm³/mol. The van der Waals surface area contributed by atoms with Gasteiger partial charge in [-0.15, -0.1) is 0 Å². The van der Waals surface area contributed by atoms with Crippen LogP contribution in [0.15, 0.2) is 42.7 Å². The maximum atomic E-state index is 11.1. The molecule has 3 nitrogen and oxygen atoms in total. The smallest absolute Gasteiger partial charge is 0.129 e. The van der Waals surface area contributed by atoms with Gasteiger partial charge in [-0.3, -0.25) is 9.97 Å². The molecule has 17 heavy (non-hydrogen) atoms. The van der Waals surface area contributed by atoms with Gasteiger partial charge in [-0.2, -0.15) is 0 Å². The monoisotopic (exact) mass is 246 g/mol. The number of hydrogen-bond donors (Lipinski definition) is 0. The molecule has 0 aliphatic heterocycles. The number of nitrogens with zero attached hydrogens (tertiary/aromatic N) is 2. The van der Waals surface area contributed by atoms with Gasteiger partial charge in [0, 0.05) is 29.5 Å². The van der Waals surface area contributed by atoms with Gasteiger partial charge in [-0.05, 0) is 24.3 Å². The van der Waals surface area contributed by atoms with Crippen molar-refractivity contribution in [2.45, 2.75) is 12.3 Å². The fourth-order valence-electron chi connectivity index (χ4n) is 1.59. The lowest BCUT2D eigenvalue weighted by Gasteiger charge is -2.09. The molecule has 0 aliphatic carbocycles. The maximum Gasteiger partial charge on any atom is 0.129 e. The molecule has 1 unspecified atom stereocenters. The molecule has 0 radical (unpaired) electrons. The standard InChI is InChI=1S/C13H11ClN2O/c14-11-4-6-16-13(8-11)10(9-17)7-12-3-1-2-5-15-12/h1-6,8-10H,7H2. The molecule has 0 aromatic carbocycles. The van der Waals surface area contributed by atoms with Crippen molar-refractivity contribution in [3.05, 3.63) is 59.1 Å². The van der Waals surface area contributed by atoms with Crippen molar-refractivity contribution in [1.82, 2.24) is 9.97 Å². The van der Waals surface area contributed by atoms with Gasteiger partial charge in [0.1, 0.15) is 6.29 Å². The van der Waals surface area contributed by atoms with Crippen molar-refractivity contribution in [3.63, 3.8) is 0 Å². The summed E-state index contributed by atoms with van der Waals surface area (Å²) in [4.78, 5) is 19.5. The topological polar surface area (TPSA) is 42.9 Å². The number of rotatable bonds is 4. The third kappa shape index (κ3) is 3.11. The minimum Gasteiger partial charge on any atom is -0.303 e. The van der Waals surface area contributed by atoms with Crippen LogP contribution in [-0.2, 0) is 11.2 Å². The van der Waals surface area contributed by atoms with Crippen LogP contribution in [-0.4, -0.2) is 16.3 Å². The predicted octanol–water partition coefficient (Wildman–Crippen LogP) is 2.66. The van der Waals surface area contributed by atoms with Gasteiger partial charge in [0.15, 0.2) is 0 Å². The Balaban J connectivity index is 2.20. The summed E-state index contributed by atoms with van der Waals surface area (Å²) >= 11 is 5.88. The molecule has 2 aromatic rings. The van der Waals surface area contributed by atoms with E-state index in [0.29, 0.717) is 17.1 Å². The number of hydrogen-bond acceptors (Lipinski definition) is 3. The Morgan fingerprint density at radius 3 is 2.76 bits per heavy atom. The van der Waals surface area contributed by atoms with Crippen LogP contribution >= 0.6 is 11.6 Å². The van der Waals surface area contributed by atoms with Crippen molar-refractivity contribution < 1.29 is 4.79 Å². The fraction of sp³-hybridized carbons (Fsp3) is 0.154. The van der Waals surface area contributed by atoms with Gasteiger partial charge in [0.05, 0.1) is 11.6 Å². The number of aldehydes is 1. The highest BCUT2D eigenvalue weighted by molar-refractivity contribution is 6.30. The first-order chi connectivity index (χ1) is 8.29. The Morgan fingerprint density at radius 1 is 1.24 bits per heavy atom. The first-order valence-corrected chi connectivity index (χ1v) is 5.64. The highest BCUT2D eigenvalue weighted by Gasteiger charge is 2.13. The highest BCUT2D eigenvalue weighted by atomic mass is 35.5. The summed E-state index contributed by atoms with van der Waals surface area (Å²) in [7, 11) is 0. The summed E-state index contributed by atoms with van der Waals surface area (Å²) in [6, 6.07) is 9.03. The lowest BCUT2D eigenvalue weighted by Crippen LogP contribution is -2.07. The van der Waals surface area contributed by atoms with Crippen LogP contribution in [0.2, 0.25) is 5.02 Å². The van der Waals surface area contributed by atoms with Crippen molar-refractivity contribution in [1.29, 1.82) is 0 Å². The summed E-state index contributed by atoms with van der Waals surface area (Å²) < 4.78 is 0. The second kappa shape index (κ2) is 5.55. The summed E-state index contributed by atoms with van der Waals surface area (Å²) in [6.07, 6.45) is 4.74. The zero-order valence-electron chi connectivity index (χ0n) is 9.08. The first-order valence-electron chi connectivity index (χ1n) is 5.26. The minimum atomic E-state index is -0.302. The number of pyridine rings is 2. The molecule has 0 saturated carbocycles. The average molecular weight is 247 g/mol. The number of carbonyl (C=O) groups is 1. The molecule has 0 fully saturated rings. The third-order valence-corrected chi connectivity index (χ3v) is 2.68. The largest absolute Gasteiger partial charge is 0.303 e. The normalized spacial score (nSPS) is 12.1. The molecule has 2 heterocycles. The Hall–Kier alpha value is -1.74. The van der Waals surface area contributed by atoms with E-state index in [1.54, 1.807) is 24.5 Å². The van der Waals surface area contributed by atoms with Gasteiger partial charge in [-0.25, -0.2) is 0 Å². The molecular formula is C13H11ClN2O. The quantitative estimate of drug-likeness (QED) is 0.779. The van der Waals surface area contributed by atoms with E-state index < -0.39 is 0 Å². The molecule has 0 bridgehead atoms. The van der Waals surface area contributed by atoms with Crippen molar-refractivity contribution in [2.24, 2.45) is 0 Å². The van der Waals surface area contributed by atoms with Gasteiger partial charge >= 0.3 is 0 Å². The van der Waals surface area contributed by atoms with Crippen LogP contribution < -0.4 is 0 Å². The minimum absolute atomic E-state index is 0.302. The van der Waals surface area contributed by atoms with Gasteiger partial charge in [-0.1, -0.05) is 17.7 Å². The summed E-state index contributed by atoms with van der Waals surface area (Å²) in [5.74, 6) is -0.302. The molecule has 0 spiro atoms. The van der Waals surface area contributed by atoms with E-state index in [1.807, 2.05) is 18.2 Å². The van der Waals surface area contributed by atoms with E-state index in [1.165, 1.54) is 0 Å². The second-order valence-corrected chi connectivity index (χ2v) is 4.10. The number of carbonyl (C=O) groups excluding carboxylic acids is 1. The fourth-order valence-corrected chi connectivity index (χ4v) is 1.76. The average Bonchev–Trinajstić information content (AvgIpc) is 2.37. The SMILES string of the molecule is O=CC(Cc1ccccn1)c1cc(Cl)ccn1. The zero-order valence-corrected chi connectivity index (χ0v) is 9.84. The molecule has 86 valence electrons. The molecule has 0 aliphatic rings. The first kappa shape index (κ1) is 11.7. The van der Waals surface area contributed by atoms with E-state index in [0.717, 1.165) is 12.0 Å². The summed E-state index contributed by atoms with van der Waals surface area (Å²) in [5.41, 5.74) is 1.55. The Bertz CT molecular complexity index is 502. The Kier molecular flexibility index (Phi) is 3.83. The van der Waals surface area contributed by atoms with Crippen LogP contribution in [0, 0.1) is 0 Å². The van der Waals surface area contributed by atoms with Crippen molar-refractivity contribution >= 4 is 17.9 Å². The van der Waals surface area contributed by atoms with Crippen LogP contribution in [0.5, 0.6) is 0 Å². The molecule has 0 amide bonds. The maximum absolute atomic E-state index is 11.1. The van der Waals surface area contributed by atoms with E-state index in [9.17, 15) is 4.79 Å². The van der Waals surface area contributed by atoms with Gasteiger partial charge in [0.2, 0.25) is 0 Å². The molecule has 1 atom stereocenters. The summed E-state index contributed by atoms with van der Waals surface area (Å²) in [6.45, 7) is 0. The molecule has 0 saturated heterocycles. The zero-order chi connectivity index (χ0) is 12.1. The van der Waals surface area contributed by atoms with Crippen LogP contribution in [0.3, 0.4) is 0 Å². The van der Waals surface area contributed by atoms with Gasteiger partial charge in [0.25, 0.3) is 0 Å². The van der Waals surface area contributed by atoms with Crippen LogP contribution in [0.4, 0.5) is 0 Å². The molecule has 2 rings (SSSR count). The van der Waals surface area contributed by atoms with Crippen LogP contribution in [0.1, 0.15) is 17.3 Å². The molecule has 2 aromatic heterocycles. The second-order valence-electron chi connectivity index (χ2n) is 3.67. The molecular weight excluding hydrogens is 236 g/mol. The van der Waals surface area contributed by atoms with E-state index in [4.69, 9.17) is 11.6 Å². The van der Waals surface area contributed by atoms with E-state index in [-0.39, 0.29) is 5.92 Å².